The molecule has 0 aromatic rings. The first-order chi connectivity index (χ1) is 6.26. The lowest BCUT2D eigenvalue weighted by molar-refractivity contribution is 0.641. The van der Waals surface area contributed by atoms with E-state index in [1.54, 1.807) is 0 Å². The Bertz CT molecular complexity index is 169. The summed E-state index contributed by atoms with van der Waals surface area (Å²) >= 11 is 0. The molecule has 1 saturated heterocycles. The zero-order chi connectivity index (χ0) is 9.73. The predicted octanol–water partition coefficient (Wildman–Crippen LogP) is 2.91. The largest absolute Gasteiger partial charge is 0.304 e. The molecule has 0 spiro atoms. The van der Waals surface area contributed by atoms with E-state index in [1.165, 1.54) is 37.4 Å². The van der Waals surface area contributed by atoms with Crippen LogP contribution in [0.5, 0.6) is 0 Å². The fraction of sp³-hybridized carbons (Fsp3) is 0.818. The molecule has 0 aromatic heterocycles. The highest BCUT2D eigenvalue weighted by Gasteiger charge is 2.33. The number of hydrogen-bond acceptors (Lipinski definition) is 1. The first kappa shape index (κ1) is 11.0. The Kier molecular flexibility index (Phi) is 4.20. The topological polar surface area (TPSA) is 3.01 Å². The fourth-order valence-corrected chi connectivity index (χ4v) is 5.55. The Labute approximate surface area is 83.8 Å². The molecule has 0 N–H and O–H groups in total. The van der Waals surface area contributed by atoms with E-state index in [2.05, 4.69) is 37.8 Å². The van der Waals surface area contributed by atoms with Crippen molar-refractivity contribution >= 4 is 8.07 Å². The highest BCUT2D eigenvalue weighted by molar-refractivity contribution is 6.80. The Morgan fingerprint density at radius 1 is 1.23 bits per heavy atom. The molecule has 13 heavy (non-hydrogen) atoms. The van der Waals surface area contributed by atoms with Crippen LogP contribution in [0.3, 0.4) is 0 Å². The van der Waals surface area contributed by atoms with Crippen LogP contribution in [0.2, 0.25) is 18.1 Å². The molecule has 0 bridgehead atoms. The van der Waals surface area contributed by atoms with E-state index < -0.39 is 8.07 Å². The second-order valence-corrected chi connectivity index (χ2v) is 9.40. The van der Waals surface area contributed by atoms with Crippen molar-refractivity contribution in [3.63, 3.8) is 0 Å². The monoisotopic (exact) mass is 197 g/mol. The van der Waals surface area contributed by atoms with Crippen molar-refractivity contribution in [3.8, 4) is 0 Å². The van der Waals surface area contributed by atoms with Gasteiger partial charge in [-0.3, -0.25) is 0 Å². The Morgan fingerprint density at radius 3 is 2.23 bits per heavy atom. The molecule has 76 valence electrons. The van der Waals surface area contributed by atoms with Crippen LogP contribution < -0.4 is 0 Å². The third-order valence-electron chi connectivity index (χ3n) is 3.39. The molecular weight excluding hydrogens is 174 g/mol. The minimum atomic E-state index is -0.926. The summed E-state index contributed by atoms with van der Waals surface area (Å²) in [6.45, 7) is 9.66. The second-order valence-electron chi connectivity index (χ2n) is 4.26. The van der Waals surface area contributed by atoms with Crippen LogP contribution in [-0.4, -0.2) is 32.2 Å². The molecular formula is C11H23NSi. The molecule has 0 unspecified atom stereocenters. The quantitative estimate of drug-likeness (QED) is 0.359. The van der Waals surface area contributed by atoms with Crippen LogP contribution in [0, 0.1) is 0 Å². The standard InChI is InChI=1S/C11H23NSi/c1-4-7-10-13(5-2,6-3)11-12-8-9-12/h4,7H,5-6,8-11H2,1-3H3/b7-4+. The summed E-state index contributed by atoms with van der Waals surface area (Å²) in [5, 5.41) is 0. The van der Waals surface area contributed by atoms with Gasteiger partial charge in [0.05, 0.1) is 8.07 Å². The van der Waals surface area contributed by atoms with E-state index in [9.17, 15) is 0 Å². The van der Waals surface area contributed by atoms with Crippen LogP contribution in [0.4, 0.5) is 0 Å². The molecule has 0 aliphatic carbocycles. The van der Waals surface area contributed by atoms with Gasteiger partial charge in [-0.15, -0.1) is 0 Å². The third kappa shape index (κ3) is 3.28. The molecule has 0 amide bonds. The molecule has 1 aliphatic rings. The van der Waals surface area contributed by atoms with E-state index in [-0.39, 0.29) is 0 Å². The zero-order valence-electron chi connectivity index (χ0n) is 9.34. The molecule has 1 nitrogen and oxygen atoms in total. The van der Waals surface area contributed by atoms with Gasteiger partial charge in [-0.1, -0.05) is 38.1 Å². The lowest BCUT2D eigenvalue weighted by atomic mass is 10.6. The highest BCUT2D eigenvalue weighted by atomic mass is 28.3. The van der Waals surface area contributed by atoms with Crippen molar-refractivity contribution in [2.75, 3.05) is 19.3 Å². The maximum absolute atomic E-state index is 2.61. The van der Waals surface area contributed by atoms with Crippen molar-refractivity contribution in [2.45, 2.75) is 38.9 Å². The van der Waals surface area contributed by atoms with Crippen molar-refractivity contribution in [2.24, 2.45) is 0 Å². The van der Waals surface area contributed by atoms with Gasteiger partial charge in [-0.05, 0) is 19.1 Å². The van der Waals surface area contributed by atoms with Crippen LogP contribution in [-0.2, 0) is 0 Å². The number of hydrogen-bond donors (Lipinski definition) is 0. The Hall–Kier alpha value is -0.0831. The lowest BCUT2D eigenvalue weighted by Gasteiger charge is -2.28. The molecule has 1 heterocycles. The first-order valence-electron chi connectivity index (χ1n) is 5.60. The van der Waals surface area contributed by atoms with Gasteiger partial charge in [0.25, 0.3) is 0 Å². The average molecular weight is 197 g/mol. The highest BCUT2D eigenvalue weighted by Crippen LogP contribution is 2.24. The van der Waals surface area contributed by atoms with Gasteiger partial charge in [0.2, 0.25) is 0 Å². The molecule has 1 rings (SSSR count). The smallest absolute Gasteiger partial charge is 0.0722 e. The van der Waals surface area contributed by atoms with E-state index in [4.69, 9.17) is 0 Å². The summed E-state index contributed by atoms with van der Waals surface area (Å²) < 4.78 is 0. The normalized spacial score (nSPS) is 18.4. The Morgan fingerprint density at radius 2 is 1.85 bits per heavy atom. The van der Waals surface area contributed by atoms with Gasteiger partial charge in [-0.2, -0.15) is 0 Å². The second kappa shape index (κ2) is 4.96. The molecule has 1 fully saturated rings. The summed E-state index contributed by atoms with van der Waals surface area (Å²) in [5.74, 6) is 0. The van der Waals surface area contributed by atoms with Gasteiger partial charge >= 0.3 is 0 Å². The minimum absolute atomic E-state index is 0.926. The summed E-state index contributed by atoms with van der Waals surface area (Å²) in [6, 6.07) is 4.29. The van der Waals surface area contributed by atoms with Gasteiger partial charge in [0.1, 0.15) is 0 Å². The Balaban J connectivity index is 2.47. The lowest BCUT2D eigenvalue weighted by Crippen LogP contribution is -2.40. The first-order valence-corrected chi connectivity index (χ1v) is 8.42. The predicted molar refractivity (Wildman–Crippen MR) is 62.8 cm³/mol. The van der Waals surface area contributed by atoms with E-state index >= 15 is 0 Å². The van der Waals surface area contributed by atoms with Crippen LogP contribution in [0.25, 0.3) is 0 Å². The number of allylic oxidation sites excluding steroid dienone is 2. The van der Waals surface area contributed by atoms with Crippen molar-refractivity contribution < 1.29 is 0 Å². The SMILES string of the molecule is C/C=C/C[Si](CC)(CC)CN1CC1. The molecule has 0 radical (unpaired) electrons. The van der Waals surface area contributed by atoms with Crippen LogP contribution in [0.1, 0.15) is 20.8 Å². The van der Waals surface area contributed by atoms with Gasteiger partial charge in [0.15, 0.2) is 0 Å². The molecule has 0 atom stereocenters. The number of nitrogens with zero attached hydrogens (tertiary/aromatic N) is 1. The maximum atomic E-state index is 2.61. The van der Waals surface area contributed by atoms with Gasteiger partial charge in [0, 0.05) is 13.1 Å². The van der Waals surface area contributed by atoms with E-state index in [1.807, 2.05) is 0 Å². The van der Waals surface area contributed by atoms with Gasteiger partial charge in [-0.25, -0.2) is 0 Å². The minimum Gasteiger partial charge on any atom is -0.304 e. The van der Waals surface area contributed by atoms with Crippen molar-refractivity contribution in [3.05, 3.63) is 12.2 Å². The molecule has 2 heteroatoms. The van der Waals surface area contributed by atoms with Crippen molar-refractivity contribution in [1.29, 1.82) is 0 Å². The van der Waals surface area contributed by atoms with E-state index in [0.717, 1.165) is 0 Å². The molecule has 0 saturated carbocycles. The average Bonchev–Trinajstić information content (AvgIpc) is 2.96. The van der Waals surface area contributed by atoms with E-state index in [0.29, 0.717) is 0 Å². The summed E-state index contributed by atoms with van der Waals surface area (Å²) in [4.78, 5) is 2.61. The van der Waals surface area contributed by atoms with Gasteiger partial charge < -0.3 is 4.90 Å². The van der Waals surface area contributed by atoms with Crippen LogP contribution >= 0.6 is 0 Å². The molecule has 1 aliphatic heterocycles. The number of rotatable bonds is 6. The van der Waals surface area contributed by atoms with Crippen molar-refractivity contribution in [1.82, 2.24) is 4.90 Å². The fourth-order valence-electron chi connectivity index (χ4n) is 1.90. The molecule has 0 aromatic carbocycles. The van der Waals surface area contributed by atoms with Crippen LogP contribution in [0.15, 0.2) is 12.2 Å². The maximum Gasteiger partial charge on any atom is 0.0722 e. The third-order valence-corrected chi connectivity index (χ3v) is 8.61. The summed E-state index contributed by atoms with van der Waals surface area (Å²) in [7, 11) is -0.926. The summed E-state index contributed by atoms with van der Waals surface area (Å²) in [5.41, 5.74) is 0. The zero-order valence-corrected chi connectivity index (χ0v) is 10.3. The summed E-state index contributed by atoms with van der Waals surface area (Å²) in [6.07, 6.45) is 6.06.